The Morgan fingerprint density at radius 3 is 1.85 bits per heavy atom. The first-order chi connectivity index (χ1) is 25.6. The quantitative estimate of drug-likeness (QED) is 0.172. The van der Waals surface area contributed by atoms with Crippen molar-refractivity contribution >= 4 is 54.3 Å². The Morgan fingerprint density at radius 2 is 0.962 bits per heavy atom. The van der Waals surface area contributed by atoms with Gasteiger partial charge in [0.25, 0.3) is 0 Å². The predicted molar refractivity (Wildman–Crippen MR) is 220 cm³/mol. The van der Waals surface area contributed by atoms with E-state index >= 15 is 0 Å². The second-order valence-electron chi connectivity index (χ2n) is 14.8. The summed E-state index contributed by atoms with van der Waals surface area (Å²) in [4.78, 5) is 0. The van der Waals surface area contributed by atoms with Gasteiger partial charge in [0.05, 0.1) is 0 Å². The number of fused-ring (bicyclic) bond motifs is 9. The monoisotopic (exact) mass is 662 g/mol. The van der Waals surface area contributed by atoms with Crippen LogP contribution >= 0.6 is 0 Å². The fourth-order valence-electron chi connectivity index (χ4n) is 9.23. The van der Waals surface area contributed by atoms with Gasteiger partial charge in [0.15, 0.2) is 0 Å². The Kier molecular flexibility index (Phi) is 6.08. The first kappa shape index (κ1) is 29.3. The van der Waals surface area contributed by atoms with Crippen molar-refractivity contribution in [2.75, 3.05) is 0 Å². The molecule has 0 unspecified atom stereocenters. The van der Waals surface area contributed by atoms with Gasteiger partial charge < -0.3 is 4.42 Å². The average Bonchev–Trinajstić information content (AvgIpc) is 3.68. The summed E-state index contributed by atoms with van der Waals surface area (Å²) in [6.45, 7) is 4.74. The normalized spacial score (nSPS) is 13.3. The molecule has 0 aliphatic heterocycles. The minimum atomic E-state index is -0.0987. The molecule has 1 nitrogen and oxygen atoms in total. The number of hydrogen-bond donors (Lipinski definition) is 0. The summed E-state index contributed by atoms with van der Waals surface area (Å²) < 4.78 is 6.70. The molecule has 9 aromatic carbocycles. The van der Waals surface area contributed by atoms with Crippen molar-refractivity contribution < 1.29 is 4.42 Å². The molecular formula is C51H34O. The van der Waals surface area contributed by atoms with Crippen LogP contribution in [0.2, 0.25) is 0 Å². The van der Waals surface area contributed by atoms with E-state index in [0.717, 1.165) is 27.5 Å². The topological polar surface area (TPSA) is 13.1 Å². The van der Waals surface area contributed by atoms with Gasteiger partial charge in [-0.25, -0.2) is 0 Å². The van der Waals surface area contributed by atoms with E-state index in [9.17, 15) is 0 Å². The molecule has 11 rings (SSSR count). The van der Waals surface area contributed by atoms with Crippen molar-refractivity contribution in [1.29, 1.82) is 0 Å². The molecular weight excluding hydrogens is 629 g/mol. The van der Waals surface area contributed by atoms with Gasteiger partial charge in [-0.05, 0) is 95.0 Å². The number of benzene rings is 9. The highest BCUT2D eigenvalue weighted by molar-refractivity contribution is 6.25. The van der Waals surface area contributed by atoms with Crippen molar-refractivity contribution in [2.24, 2.45) is 0 Å². The SMILES string of the molecule is CC1(C)c2ccccc2-c2ccc(-c3c4ccccc4c(-c4cccc5c4oc4ccccc45)c4ccc(-c5cccc6ccccc56)cc34)cc21. The molecule has 1 aliphatic carbocycles. The maximum Gasteiger partial charge on any atom is 0.143 e. The Morgan fingerprint density at radius 1 is 0.365 bits per heavy atom. The Labute approximate surface area is 302 Å². The molecule has 1 heterocycles. The molecule has 1 aliphatic rings. The number of furan rings is 1. The smallest absolute Gasteiger partial charge is 0.143 e. The molecule has 0 N–H and O–H groups in total. The third-order valence-corrected chi connectivity index (χ3v) is 11.7. The fraction of sp³-hybridized carbons (Fsp3) is 0.0588. The van der Waals surface area contributed by atoms with Gasteiger partial charge in [-0.15, -0.1) is 0 Å². The van der Waals surface area contributed by atoms with Crippen LogP contribution < -0.4 is 0 Å². The van der Waals surface area contributed by atoms with Gasteiger partial charge in [-0.2, -0.15) is 0 Å². The summed E-state index contributed by atoms with van der Waals surface area (Å²) in [6.07, 6.45) is 0. The minimum Gasteiger partial charge on any atom is -0.455 e. The molecule has 0 amide bonds. The zero-order chi connectivity index (χ0) is 34.6. The second kappa shape index (κ2) is 10.8. The number of hydrogen-bond acceptors (Lipinski definition) is 1. The lowest BCUT2D eigenvalue weighted by atomic mass is 9.80. The zero-order valence-corrected chi connectivity index (χ0v) is 29.1. The van der Waals surface area contributed by atoms with Crippen LogP contribution in [0.5, 0.6) is 0 Å². The summed E-state index contributed by atoms with van der Waals surface area (Å²) in [5.74, 6) is 0. The lowest BCUT2D eigenvalue weighted by molar-refractivity contribution is 0.660. The maximum absolute atomic E-state index is 6.70. The van der Waals surface area contributed by atoms with Gasteiger partial charge in [0, 0.05) is 27.3 Å². The number of para-hydroxylation sites is 2. The first-order valence-corrected chi connectivity index (χ1v) is 18.2. The van der Waals surface area contributed by atoms with E-state index in [0.29, 0.717) is 0 Å². The van der Waals surface area contributed by atoms with Crippen molar-refractivity contribution in [3.05, 3.63) is 181 Å². The molecule has 0 atom stereocenters. The van der Waals surface area contributed by atoms with Crippen LogP contribution in [-0.2, 0) is 5.41 Å². The lowest BCUT2D eigenvalue weighted by Crippen LogP contribution is -2.14. The molecule has 10 aromatic rings. The van der Waals surface area contributed by atoms with Gasteiger partial charge in [-0.1, -0.05) is 166 Å². The molecule has 1 aromatic heterocycles. The molecule has 1 heteroatoms. The Bertz CT molecular complexity index is 3090. The first-order valence-electron chi connectivity index (χ1n) is 18.2. The van der Waals surface area contributed by atoms with E-state index in [1.54, 1.807) is 0 Å². The predicted octanol–water partition coefficient (Wildman–Crippen LogP) is 14.4. The maximum atomic E-state index is 6.70. The van der Waals surface area contributed by atoms with E-state index in [1.165, 1.54) is 82.4 Å². The van der Waals surface area contributed by atoms with E-state index in [1.807, 2.05) is 0 Å². The van der Waals surface area contributed by atoms with Crippen molar-refractivity contribution in [2.45, 2.75) is 19.3 Å². The molecule has 0 fully saturated rings. The molecule has 244 valence electrons. The van der Waals surface area contributed by atoms with Crippen molar-refractivity contribution in [3.63, 3.8) is 0 Å². The second-order valence-corrected chi connectivity index (χ2v) is 14.8. The molecule has 0 bridgehead atoms. The van der Waals surface area contributed by atoms with Crippen LogP contribution in [0.3, 0.4) is 0 Å². The summed E-state index contributed by atoms with van der Waals surface area (Å²) >= 11 is 0. The van der Waals surface area contributed by atoms with E-state index in [2.05, 4.69) is 184 Å². The van der Waals surface area contributed by atoms with E-state index < -0.39 is 0 Å². The largest absolute Gasteiger partial charge is 0.455 e. The van der Waals surface area contributed by atoms with Crippen LogP contribution in [0.25, 0.3) is 98.8 Å². The molecule has 0 radical (unpaired) electrons. The fourth-order valence-corrected chi connectivity index (χ4v) is 9.23. The molecule has 0 spiro atoms. The van der Waals surface area contributed by atoms with Gasteiger partial charge >= 0.3 is 0 Å². The van der Waals surface area contributed by atoms with E-state index in [4.69, 9.17) is 4.42 Å². The summed E-state index contributed by atoms with van der Waals surface area (Å²) in [7, 11) is 0. The van der Waals surface area contributed by atoms with Crippen LogP contribution in [0, 0.1) is 0 Å². The molecule has 0 saturated heterocycles. The van der Waals surface area contributed by atoms with Gasteiger partial charge in [0.2, 0.25) is 0 Å². The summed E-state index contributed by atoms with van der Waals surface area (Å²) in [5.41, 5.74) is 14.5. The van der Waals surface area contributed by atoms with E-state index in [-0.39, 0.29) is 5.41 Å². The van der Waals surface area contributed by atoms with Gasteiger partial charge in [0.1, 0.15) is 11.2 Å². The average molecular weight is 663 g/mol. The summed E-state index contributed by atoms with van der Waals surface area (Å²) in [5, 5.41) is 9.70. The number of rotatable bonds is 3. The van der Waals surface area contributed by atoms with Crippen LogP contribution in [0.4, 0.5) is 0 Å². The third kappa shape index (κ3) is 4.05. The van der Waals surface area contributed by atoms with Crippen molar-refractivity contribution in [1.82, 2.24) is 0 Å². The zero-order valence-electron chi connectivity index (χ0n) is 29.1. The third-order valence-electron chi connectivity index (χ3n) is 11.7. The summed E-state index contributed by atoms with van der Waals surface area (Å²) in [6, 6.07) is 62.5. The van der Waals surface area contributed by atoms with Crippen LogP contribution in [-0.4, -0.2) is 0 Å². The Hall–Kier alpha value is -6.44. The highest BCUT2D eigenvalue weighted by atomic mass is 16.3. The minimum absolute atomic E-state index is 0.0987. The lowest BCUT2D eigenvalue weighted by Gasteiger charge is -2.23. The van der Waals surface area contributed by atoms with Gasteiger partial charge in [-0.3, -0.25) is 0 Å². The molecule has 52 heavy (non-hydrogen) atoms. The van der Waals surface area contributed by atoms with Crippen LogP contribution in [0.1, 0.15) is 25.0 Å². The Balaban J connectivity index is 1.27. The standard InChI is InChI=1S/C51H34O/c1-51(2)45-23-9-7-16-36(45)37-27-26-33(30-46(37)51)48-39-18-5-6-19-40(39)49(43-22-12-21-42-38-17-8-10-24-47(38)52-50(42)43)41-28-25-32(29-44(41)48)35-20-11-14-31-13-3-4-15-34(31)35/h3-30H,1-2H3. The highest BCUT2D eigenvalue weighted by Crippen LogP contribution is 2.52. The molecule has 0 saturated carbocycles. The highest BCUT2D eigenvalue weighted by Gasteiger charge is 2.35. The van der Waals surface area contributed by atoms with Crippen molar-refractivity contribution in [3.8, 4) is 44.5 Å². The van der Waals surface area contributed by atoms with Crippen LogP contribution in [0.15, 0.2) is 174 Å².